The van der Waals surface area contributed by atoms with Crippen molar-refractivity contribution >= 4 is 27.3 Å². The average molecular weight is 423 g/mol. The van der Waals surface area contributed by atoms with Gasteiger partial charge in [-0.25, -0.2) is 0 Å². The molecule has 3 aromatic rings. The molecule has 0 spiro atoms. The zero-order valence-electron chi connectivity index (χ0n) is 17.0. The van der Waals surface area contributed by atoms with Gasteiger partial charge in [-0.1, -0.05) is 24.3 Å². The third kappa shape index (κ3) is 4.16. The maximum absolute atomic E-state index is 13.5. The Hall–Kier alpha value is -2.57. The first kappa shape index (κ1) is 19.4. The van der Waals surface area contributed by atoms with Crippen LogP contribution in [0.1, 0.15) is 28.1 Å². The van der Waals surface area contributed by atoms with Crippen LogP contribution in [0.4, 0.5) is 0 Å². The molecule has 2 aromatic carbocycles. The highest BCUT2D eigenvalue weighted by molar-refractivity contribution is 7.20. The summed E-state index contributed by atoms with van der Waals surface area (Å²) in [5.41, 5.74) is 1.06. The lowest BCUT2D eigenvalue weighted by Gasteiger charge is -2.26. The van der Waals surface area contributed by atoms with Crippen molar-refractivity contribution in [3.8, 4) is 11.5 Å². The first-order chi connectivity index (χ1) is 14.8. The molecule has 0 bridgehead atoms. The maximum Gasteiger partial charge on any atom is 0.264 e. The number of amides is 1. The number of ether oxygens (including phenoxy) is 2. The highest BCUT2D eigenvalue weighted by atomic mass is 32.1. The summed E-state index contributed by atoms with van der Waals surface area (Å²) in [5, 5.41) is 1.13. The van der Waals surface area contributed by atoms with E-state index in [1.807, 2.05) is 41.3 Å². The van der Waals surface area contributed by atoms with Gasteiger partial charge in [0.2, 0.25) is 0 Å². The fraction of sp³-hybridized carbons (Fsp3) is 0.375. The number of benzene rings is 2. The van der Waals surface area contributed by atoms with Crippen molar-refractivity contribution in [3.63, 3.8) is 0 Å². The molecule has 5 nitrogen and oxygen atoms in total. The first-order valence-corrected chi connectivity index (χ1v) is 11.5. The van der Waals surface area contributed by atoms with Crippen LogP contribution in [0, 0.1) is 0 Å². The average Bonchev–Trinajstić information content (AvgIpc) is 3.45. The van der Waals surface area contributed by atoms with Gasteiger partial charge < -0.3 is 19.3 Å². The molecule has 0 saturated carbocycles. The van der Waals surface area contributed by atoms with E-state index in [2.05, 4.69) is 17.0 Å². The third-order valence-electron chi connectivity index (χ3n) is 5.79. The van der Waals surface area contributed by atoms with Crippen molar-refractivity contribution in [1.29, 1.82) is 0 Å². The van der Waals surface area contributed by atoms with Crippen molar-refractivity contribution in [2.24, 2.45) is 0 Å². The summed E-state index contributed by atoms with van der Waals surface area (Å²) >= 11 is 1.58. The Morgan fingerprint density at radius 3 is 2.63 bits per heavy atom. The lowest BCUT2D eigenvalue weighted by Crippen LogP contribution is -2.37. The molecule has 0 aliphatic carbocycles. The van der Waals surface area contributed by atoms with Gasteiger partial charge in [-0.3, -0.25) is 4.79 Å². The summed E-state index contributed by atoms with van der Waals surface area (Å²) in [5.74, 6) is 1.65. The molecule has 0 N–H and O–H groups in total. The SMILES string of the molecule is O=C(c1cc2ccccc2s1)N(CCN1CCCC1)Cc1ccc2c(c1)OCCO2. The molecule has 0 atom stereocenters. The minimum absolute atomic E-state index is 0.102. The predicted molar refractivity (Wildman–Crippen MR) is 120 cm³/mol. The monoisotopic (exact) mass is 422 g/mol. The van der Waals surface area contributed by atoms with Crippen LogP contribution in [-0.2, 0) is 6.54 Å². The van der Waals surface area contributed by atoms with E-state index in [0.29, 0.717) is 19.8 Å². The van der Waals surface area contributed by atoms with Crippen molar-refractivity contribution < 1.29 is 14.3 Å². The Morgan fingerprint density at radius 1 is 1.00 bits per heavy atom. The van der Waals surface area contributed by atoms with E-state index in [-0.39, 0.29) is 5.91 Å². The topological polar surface area (TPSA) is 42.0 Å². The van der Waals surface area contributed by atoms with Gasteiger partial charge in [0.1, 0.15) is 13.2 Å². The lowest BCUT2D eigenvalue weighted by molar-refractivity contribution is 0.0731. The van der Waals surface area contributed by atoms with Crippen molar-refractivity contribution in [2.75, 3.05) is 39.4 Å². The van der Waals surface area contributed by atoms with Gasteiger partial charge >= 0.3 is 0 Å². The van der Waals surface area contributed by atoms with E-state index in [1.165, 1.54) is 12.8 Å². The first-order valence-electron chi connectivity index (χ1n) is 10.6. The Kier molecular flexibility index (Phi) is 5.60. The molecule has 156 valence electrons. The quantitative estimate of drug-likeness (QED) is 0.590. The molecule has 6 heteroatoms. The lowest BCUT2D eigenvalue weighted by atomic mass is 10.1. The number of carbonyl (C=O) groups excluding carboxylic acids is 1. The summed E-state index contributed by atoms with van der Waals surface area (Å²) in [6, 6.07) is 16.2. The van der Waals surface area contributed by atoms with Crippen LogP contribution in [0.2, 0.25) is 0 Å². The van der Waals surface area contributed by atoms with Gasteiger partial charge in [0.05, 0.1) is 4.88 Å². The molecule has 2 aliphatic rings. The number of fused-ring (bicyclic) bond motifs is 2. The molecule has 1 amide bonds. The van der Waals surface area contributed by atoms with Crippen molar-refractivity contribution in [1.82, 2.24) is 9.80 Å². The normalized spacial score (nSPS) is 16.1. The van der Waals surface area contributed by atoms with E-state index < -0.39 is 0 Å². The number of hydrogen-bond acceptors (Lipinski definition) is 5. The number of likely N-dealkylation sites (tertiary alicyclic amines) is 1. The molecule has 0 unspecified atom stereocenters. The number of thiophene rings is 1. The minimum atomic E-state index is 0.102. The Bertz CT molecular complexity index is 1010. The standard InChI is InChI=1S/C24H26N2O3S/c27-24(23-16-19-5-1-2-6-22(19)30-23)26(12-11-25-9-3-4-10-25)17-18-7-8-20-21(15-18)29-14-13-28-20/h1-2,5-8,15-16H,3-4,9-14,17H2. The van der Waals surface area contributed by atoms with E-state index in [9.17, 15) is 4.79 Å². The molecule has 3 heterocycles. The van der Waals surface area contributed by atoms with Crippen LogP contribution in [-0.4, -0.2) is 55.1 Å². The smallest absolute Gasteiger partial charge is 0.264 e. The summed E-state index contributed by atoms with van der Waals surface area (Å²) in [4.78, 5) is 18.7. The summed E-state index contributed by atoms with van der Waals surface area (Å²) in [7, 11) is 0. The van der Waals surface area contributed by atoms with Gasteiger partial charge in [-0.05, 0) is 61.1 Å². The van der Waals surface area contributed by atoms with E-state index in [4.69, 9.17) is 9.47 Å². The van der Waals surface area contributed by atoms with Gasteiger partial charge in [0, 0.05) is 24.3 Å². The molecule has 1 aromatic heterocycles. The summed E-state index contributed by atoms with van der Waals surface area (Å²) < 4.78 is 12.5. The third-order valence-corrected chi connectivity index (χ3v) is 6.89. The van der Waals surface area contributed by atoms with Gasteiger partial charge in [-0.2, -0.15) is 0 Å². The molecule has 1 fully saturated rings. The Labute approximate surface area is 180 Å². The summed E-state index contributed by atoms with van der Waals surface area (Å²) in [6.07, 6.45) is 2.51. The van der Waals surface area contributed by atoms with E-state index in [0.717, 1.165) is 58.2 Å². The van der Waals surface area contributed by atoms with Crippen LogP contribution < -0.4 is 9.47 Å². The second-order valence-electron chi connectivity index (χ2n) is 7.90. The highest BCUT2D eigenvalue weighted by Gasteiger charge is 2.22. The Morgan fingerprint density at radius 2 is 1.80 bits per heavy atom. The van der Waals surface area contributed by atoms with E-state index >= 15 is 0 Å². The molecular weight excluding hydrogens is 396 g/mol. The molecule has 0 radical (unpaired) electrons. The van der Waals surface area contributed by atoms with Crippen LogP contribution in [0.3, 0.4) is 0 Å². The van der Waals surface area contributed by atoms with Crippen molar-refractivity contribution in [2.45, 2.75) is 19.4 Å². The fourth-order valence-electron chi connectivity index (χ4n) is 4.17. The van der Waals surface area contributed by atoms with E-state index in [1.54, 1.807) is 11.3 Å². The van der Waals surface area contributed by atoms with Gasteiger partial charge in [-0.15, -0.1) is 11.3 Å². The highest BCUT2D eigenvalue weighted by Crippen LogP contribution is 2.32. The van der Waals surface area contributed by atoms with Crippen LogP contribution in [0.25, 0.3) is 10.1 Å². The number of nitrogens with zero attached hydrogens (tertiary/aromatic N) is 2. The molecule has 1 saturated heterocycles. The van der Waals surface area contributed by atoms with Crippen LogP contribution in [0.5, 0.6) is 11.5 Å². The minimum Gasteiger partial charge on any atom is -0.486 e. The van der Waals surface area contributed by atoms with Gasteiger partial charge in [0.25, 0.3) is 5.91 Å². The number of rotatable bonds is 6. The zero-order chi connectivity index (χ0) is 20.3. The Balaban J connectivity index is 1.38. The largest absolute Gasteiger partial charge is 0.486 e. The molecule has 5 rings (SSSR count). The summed E-state index contributed by atoms with van der Waals surface area (Å²) in [6.45, 7) is 5.62. The second kappa shape index (κ2) is 8.66. The molecule has 2 aliphatic heterocycles. The molecule has 30 heavy (non-hydrogen) atoms. The second-order valence-corrected chi connectivity index (χ2v) is 8.99. The van der Waals surface area contributed by atoms with Gasteiger partial charge in [0.15, 0.2) is 11.5 Å². The molecular formula is C24H26N2O3S. The number of carbonyl (C=O) groups is 1. The van der Waals surface area contributed by atoms with Crippen molar-refractivity contribution in [3.05, 3.63) is 59.0 Å². The fourth-order valence-corrected chi connectivity index (χ4v) is 5.20. The van der Waals surface area contributed by atoms with Crippen LogP contribution in [0.15, 0.2) is 48.5 Å². The van der Waals surface area contributed by atoms with Crippen LogP contribution >= 0.6 is 11.3 Å². The maximum atomic E-state index is 13.5. The predicted octanol–water partition coefficient (Wildman–Crippen LogP) is 4.41. The number of hydrogen-bond donors (Lipinski definition) is 0. The zero-order valence-corrected chi connectivity index (χ0v) is 17.8.